The molecule has 0 radical (unpaired) electrons. The van der Waals surface area contributed by atoms with Crippen LogP contribution in [0.4, 0.5) is 4.79 Å². The van der Waals surface area contributed by atoms with Crippen molar-refractivity contribution in [2.45, 2.75) is 5.25 Å². The van der Waals surface area contributed by atoms with Crippen molar-refractivity contribution in [3.8, 4) is 0 Å². The average Bonchev–Trinajstić information content (AvgIpc) is 2.61. The number of primary amides is 1. The molecule has 0 spiro atoms. The summed E-state index contributed by atoms with van der Waals surface area (Å²) in [5.41, 5.74) is 5.28. The fraction of sp³-hybridized carbons (Fsp3) is 0.667. The van der Waals surface area contributed by atoms with Gasteiger partial charge in [-0.1, -0.05) is 0 Å². The van der Waals surface area contributed by atoms with E-state index in [9.17, 15) is 4.79 Å². The number of amides is 1. The molecule has 0 aromatic carbocycles. The SMILES string of the molecule is NC(=O)S12CC=NCC1C2. The topological polar surface area (TPSA) is 55.5 Å². The van der Waals surface area contributed by atoms with E-state index in [4.69, 9.17) is 5.73 Å². The Kier molecular flexibility index (Phi) is 1.09. The Morgan fingerprint density at radius 1 is 1.80 bits per heavy atom. The van der Waals surface area contributed by atoms with Crippen LogP contribution >= 0.6 is 10.0 Å². The quantitative estimate of drug-likeness (QED) is 0.508. The maximum absolute atomic E-state index is 10.9. The lowest BCUT2D eigenvalue weighted by Crippen LogP contribution is -2.18. The highest BCUT2D eigenvalue weighted by molar-refractivity contribution is 8.51. The third-order valence-corrected chi connectivity index (χ3v) is 5.92. The second-order valence-corrected chi connectivity index (χ2v) is 6.39. The van der Waals surface area contributed by atoms with Crippen LogP contribution in [-0.4, -0.2) is 34.8 Å². The van der Waals surface area contributed by atoms with Gasteiger partial charge in [-0.2, -0.15) is 10.0 Å². The molecule has 10 heavy (non-hydrogen) atoms. The summed E-state index contributed by atoms with van der Waals surface area (Å²) in [5, 5.41) is 0.499. The van der Waals surface area contributed by atoms with Crippen molar-refractivity contribution >= 4 is 21.5 Å². The van der Waals surface area contributed by atoms with Crippen LogP contribution in [0.2, 0.25) is 0 Å². The van der Waals surface area contributed by atoms with Crippen molar-refractivity contribution in [1.82, 2.24) is 0 Å². The van der Waals surface area contributed by atoms with Crippen molar-refractivity contribution in [2.75, 3.05) is 18.1 Å². The lowest BCUT2D eigenvalue weighted by atomic mass is 10.5. The lowest BCUT2D eigenvalue weighted by Gasteiger charge is -2.17. The molecule has 0 aliphatic carbocycles. The number of rotatable bonds is 0. The third kappa shape index (κ3) is 0.624. The molecule has 56 valence electrons. The molecule has 1 fully saturated rings. The van der Waals surface area contributed by atoms with Gasteiger partial charge >= 0.3 is 0 Å². The van der Waals surface area contributed by atoms with Crippen LogP contribution in [0.3, 0.4) is 0 Å². The van der Waals surface area contributed by atoms with Gasteiger partial charge in [0.2, 0.25) is 0 Å². The first-order valence-electron chi connectivity index (χ1n) is 3.31. The Morgan fingerprint density at radius 3 is 3.10 bits per heavy atom. The van der Waals surface area contributed by atoms with E-state index in [2.05, 4.69) is 4.99 Å². The minimum absolute atomic E-state index is 0.0522. The Bertz CT molecular complexity index is 216. The number of carbonyl (C=O) groups excluding carboxylic acids is 1. The summed E-state index contributed by atoms with van der Waals surface area (Å²) in [4.78, 5) is 15.0. The average molecular weight is 158 g/mol. The summed E-state index contributed by atoms with van der Waals surface area (Å²) in [5.74, 6) is 1.90. The molecule has 2 rings (SSSR count). The molecule has 2 atom stereocenters. The van der Waals surface area contributed by atoms with Gasteiger partial charge in [-0.15, -0.1) is 0 Å². The summed E-state index contributed by atoms with van der Waals surface area (Å²) in [7, 11) is -1.00. The van der Waals surface area contributed by atoms with Crippen molar-refractivity contribution in [2.24, 2.45) is 10.7 Å². The molecule has 2 heterocycles. The van der Waals surface area contributed by atoms with Gasteiger partial charge in [-0.05, 0) is 5.75 Å². The van der Waals surface area contributed by atoms with Gasteiger partial charge in [0, 0.05) is 17.2 Å². The van der Waals surface area contributed by atoms with Crippen molar-refractivity contribution in [3.63, 3.8) is 0 Å². The first-order chi connectivity index (χ1) is 4.76. The zero-order valence-corrected chi connectivity index (χ0v) is 6.43. The number of hydrogen-bond donors (Lipinski definition) is 1. The van der Waals surface area contributed by atoms with E-state index >= 15 is 0 Å². The predicted octanol–water partition coefficient (Wildman–Crippen LogP) is 0.336. The standard InChI is InChI=1S/C6H10N2OS/c7-6(9)10-2-1-8-3-5(10)4-10/h1,5H,2-4H2,(H2,7,9). The molecule has 0 bridgehead atoms. The summed E-state index contributed by atoms with van der Waals surface area (Å²) in [6.45, 7) is 0.846. The van der Waals surface area contributed by atoms with Gasteiger partial charge in [-0.25, -0.2) is 0 Å². The monoisotopic (exact) mass is 158 g/mol. The molecule has 0 aromatic rings. The van der Waals surface area contributed by atoms with Crippen LogP contribution in [0, 0.1) is 0 Å². The minimum Gasteiger partial charge on any atom is -0.362 e. The van der Waals surface area contributed by atoms with Crippen LogP contribution < -0.4 is 5.73 Å². The van der Waals surface area contributed by atoms with Crippen molar-refractivity contribution in [1.29, 1.82) is 0 Å². The first-order valence-corrected chi connectivity index (χ1v) is 5.34. The zero-order valence-electron chi connectivity index (χ0n) is 5.62. The highest BCUT2D eigenvalue weighted by Crippen LogP contribution is 2.68. The first kappa shape index (κ1) is 6.22. The van der Waals surface area contributed by atoms with Gasteiger partial charge in [0.15, 0.2) is 0 Å². The summed E-state index contributed by atoms with van der Waals surface area (Å²) in [6, 6.07) is 0. The number of nitrogens with zero attached hydrogens (tertiary/aromatic N) is 1. The number of nitrogens with two attached hydrogens (primary N) is 1. The third-order valence-electron chi connectivity index (χ3n) is 2.22. The van der Waals surface area contributed by atoms with Crippen LogP contribution in [0.1, 0.15) is 0 Å². The van der Waals surface area contributed by atoms with E-state index in [0.29, 0.717) is 5.25 Å². The van der Waals surface area contributed by atoms with E-state index in [1.54, 1.807) is 0 Å². The minimum atomic E-state index is -1.00. The van der Waals surface area contributed by atoms with Gasteiger partial charge in [-0.3, -0.25) is 9.79 Å². The molecule has 0 saturated carbocycles. The van der Waals surface area contributed by atoms with Gasteiger partial charge in [0.1, 0.15) is 0 Å². The largest absolute Gasteiger partial charge is 0.362 e. The fourth-order valence-electron chi connectivity index (χ4n) is 1.40. The summed E-state index contributed by atoms with van der Waals surface area (Å²) < 4.78 is 0. The normalized spacial score (nSPS) is 49.0. The zero-order chi connectivity index (χ0) is 7.19. The molecule has 2 N–H and O–H groups in total. The van der Waals surface area contributed by atoms with E-state index < -0.39 is 10.0 Å². The molecule has 2 aliphatic rings. The van der Waals surface area contributed by atoms with E-state index in [1.165, 1.54) is 0 Å². The second kappa shape index (κ2) is 1.75. The highest BCUT2D eigenvalue weighted by Gasteiger charge is 2.53. The Morgan fingerprint density at radius 2 is 2.60 bits per heavy atom. The van der Waals surface area contributed by atoms with E-state index in [0.717, 1.165) is 18.1 Å². The van der Waals surface area contributed by atoms with Gasteiger partial charge in [0.25, 0.3) is 5.24 Å². The fourth-order valence-corrected chi connectivity index (χ4v) is 4.39. The Labute approximate surface area is 61.0 Å². The van der Waals surface area contributed by atoms with E-state index in [1.807, 2.05) is 6.21 Å². The summed E-state index contributed by atoms with van der Waals surface area (Å²) >= 11 is 0. The predicted molar refractivity (Wildman–Crippen MR) is 44.1 cm³/mol. The molecule has 3 nitrogen and oxygen atoms in total. The molecule has 1 saturated heterocycles. The van der Waals surface area contributed by atoms with Crippen LogP contribution in [0.25, 0.3) is 0 Å². The summed E-state index contributed by atoms with van der Waals surface area (Å²) in [6.07, 6.45) is 1.86. The second-order valence-electron chi connectivity index (χ2n) is 2.77. The molecule has 0 aromatic heterocycles. The Balaban J connectivity index is 2.21. The molecular weight excluding hydrogens is 148 g/mol. The molecule has 1 amide bonds. The van der Waals surface area contributed by atoms with Crippen LogP contribution in [0.5, 0.6) is 0 Å². The van der Waals surface area contributed by atoms with Crippen LogP contribution in [0.15, 0.2) is 4.99 Å². The van der Waals surface area contributed by atoms with Gasteiger partial charge in [0.05, 0.1) is 6.54 Å². The molecule has 2 unspecified atom stereocenters. The Hall–Kier alpha value is -0.510. The van der Waals surface area contributed by atoms with Crippen LogP contribution in [-0.2, 0) is 0 Å². The van der Waals surface area contributed by atoms with Crippen molar-refractivity contribution < 1.29 is 4.79 Å². The highest BCUT2D eigenvalue weighted by atomic mass is 32.3. The smallest absolute Gasteiger partial charge is 0.259 e. The van der Waals surface area contributed by atoms with Gasteiger partial charge < -0.3 is 5.73 Å². The number of hydrogen-bond acceptors (Lipinski definition) is 2. The molecular formula is C6H10N2OS. The number of fused-ring (bicyclic) bond motifs is 1. The maximum atomic E-state index is 10.9. The lowest BCUT2D eigenvalue weighted by molar-refractivity contribution is 0.267. The molecule has 2 aliphatic heterocycles. The number of aliphatic imine (C=N–C) groups is 1. The van der Waals surface area contributed by atoms with E-state index in [-0.39, 0.29) is 5.24 Å². The number of carbonyl (C=O) groups is 1. The van der Waals surface area contributed by atoms with Crippen molar-refractivity contribution in [3.05, 3.63) is 0 Å². The maximum Gasteiger partial charge on any atom is 0.259 e. The molecule has 4 heteroatoms.